The molecule has 0 amide bonds. The zero-order valence-corrected chi connectivity index (χ0v) is 10.3. The fourth-order valence-electron chi connectivity index (χ4n) is 2.23. The molecule has 0 aromatic rings. The summed E-state index contributed by atoms with van der Waals surface area (Å²) in [6.07, 6.45) is 5.62. The van der Waals surface area contributed by atoms with Crippen LogP contribution in [0.15, 0.2) is 0 Å². The van der Waals surface area contributed by atoms with Crippen molar-refractivity contribution in [3.63, 3.8) is 0 Å². The van der Waals surface area contributed by atoms with Crippen LogP contribution in [0.1, 0.15) is 67.2 Å². The van der Waals surface area contributed by atoms with Gasteiger partial charge in [-0.1, -0.05) is 41.5 Å². The van der Waals surface area contributed by atoms with E-state index in [-0.39, 0.29) is 0 Å². The summed E-state index contributed by atoms with van der Waals surface area (Å²) in [6, 6.07) is 0. The summed E-state index contributed by atoms with van der Waals surface area (Å²) in [5.41, 5.74) is 1.65. The average Bonchev–Trinajstić information content (AvgIpc) is 1.94. The second-order valence-corrected chi connectivity index (χ2v) is 6.97. The number of hydrogen-bond donors (Lipinski definition) is 0. The molecule has 0 heterocycles. The van der Waals surface area contributed by atoms with Crippen molar-refractivity contribution < 1.29 is 0 Å². The Morgan fingerprint density at radius 1 is 0.769 bits per heavy atom. The van der Waals surface area contributed by atoms with E-state index >= 15 is 0 Å². The highest BCUT2D eigenvalue weighted by atomic mass is 14.5. The molecular formula is C13H26. The Bertz CT molecular complexity index is 171. The topological polar surface area (TPSA) is 0 Å². The van der Waals surface area contributed by atoms with Crippen LogP contribution in [0.3, 0.4) is 0 Å². The maximum absolute atomic E-state index is 2.47. The Kier molecular flexibility index (Phi) is 2.56. The van der Waals surface area contributed by atoms with Crippen LogP contribution in [0, 0.1) is 16.2 Å². The molecule has 0 aromatic heterocycles. The predicted octanol–water partition coefficient (Wildman–Crippen LogP) is 4.64. The first kappa shape index (κ1) is 11.1. The van der Waals surface area contributed by atoms with Crippen LogP contribution in [0.5, 0.6) is 0 Å². The van der Waals surface area contributed by atoms with Crippen molar-refractivity contribution in [2.24, 2.45) is 16.2 Å². The molecule has 0 spiro atoms. The van der Waals surface area contributed by atoms with Crippen molar-refractivity contribution in [2.45, 2.75) is 67.2 Å². The first-order chi connectivity index (χ1) is 5.66. The van der Waals surface area contributed by atoms with Gasteiger partial charge in [-0.05, 0) is 41.9 Å². The Morgan fingerprint density at radius 3 is 1.46 bits per heavy atom. The molecular weight excluding hydrogens is 156 g/mol. The van der Waals surface area contributed by atoms with Crippen LogP contribution in [0.2, 0.25) is 0 Å². The van der Waals surface area contributed by atoms with Gasteiger partial charge in [0.25, 0.3) is 0 Å². The van der Waals surface area contributed by atoms with Gasteiger partial charge in [0.1, 0.15) is 0 Å². The van der Waals surface area contributed by atoms with Gasteiger partial charge in [-0.3, -0.25) is 0 Å². The Balaban J connectivity index is 2.68. The van der Waals surface area contributed by atoms with E-state index in [1.54, 1.807) is 0 Å². The van der Waals surface area contributed by atoms with Crippen molar-refractivity contribution in [3.05, 3.63) is 0 Å². The summed E-state index contributed by atoms with van der Waals surface area (Å²) < 4.78 is 0. The molecule has 1 aliphatic rings. The van der Waals surface area contributed by atoms with Gasteiger partial charge in [-0.2, -0.15) is 0 Å². The van der Waals surface area contributed by atoms with Gasteiger partial charge in [-0.25, -0.2) is 0 Å². The van der Waals surface area contributed by atoms with E-state index in [4.69, 9.17) is 0 Å². The van der Waals surface area contributed by atoms with Crippen molar-refractivity contribution in [1.82, 2.24) is 0 Å². The number of hydrogen-bond acceptors (Lipinski definition) is 0. The zero-order chi connectivity index (χ0) is 10.3. The molecule has 1 aliphatic carbocycles. The molecule has 0 heteroatoms. The van der Waals surface area contributed by atoms with Gasteiger partial charge in [0.2, 0.25) is 0 Å². The minimum Gasteiger partial charge on any atom is -0.0599 e. The van der Waals surface area contributed by atoms with Gasteiger partial charge in [0.05, 0.1) is 0 Å². The molecule has 0 atom stereocenters. The summed E-state index contributed by atoms with van der Waals surface area (Å²) >= 11 is 0. The minimum atomic E-state index is 0.476. The minimum absolute atomic E-state index is 0.476. The fourth-order valence-corrected chi connectivity index (χ4v) is 2.23. The molecule has 0 N–H and O–H groups in total. The van der Waals surface area contributed by atoms with E-state index in [1.165, 1.54) is 25.7 Å². The van der Waals surface area contributed by atoms with Crippen LogP contribution in [0.4, 0.5) is 0 Å². The summed E-state index contributed by atoms with van der Waals surface area (Å²) in [5.74, 6) is 0. The molecule has 0 radical (unpaired) electrons. The third-order valence-corrected chi connectivity index (χ3v) is 4.52. The first-order valence-electron chi connectivity index (χ1n) is 5.66. The van der Waals surface area contributed by atoms with Gasteiger partial charge in [0.15, 0.2) is 0 Å². The van der Waals surface area contributed by atoms with Gasteiger partial charge in [-0.15, -0.1) is 0 Å². The van der Waals surface area contributed by atoms with Crippen molar-refractivity contribution >= 4 is 0 Å². The standard InChI is InChI=1S/C13H26/c1-11(2,3)13(6)9-7-12(4,5)8-10-13/h7-10H2,1-6H3. The molecule has 0 saturated heterocycles. The maximum Gasteiger partial charge on any atom is -0.0277 e. The van der Waals surface area contributed by atoms with E-state index in [9.17, 15) is 0 Å². The van der Waals surface area contributed by atoms with Gasteiger partial charge >= 0.3 is 0 Å². The van der Waals surface area contributed by atoms with Crippen LogP contribution in [0.25, 0.3) is 0 Å². The van der Waals surface area contributed by atoms with Crippen molar-refractivity contribution in [3.8, 4) is 0 Å². The molecule has 13 heavy (non-hydrogen) atoms. The molecule has 78 valence electrons. The maximum atomic E-state index is 2.47. The second kappa shape index (κ2) is 3.00. The lowest BCUT2D eigenvalue weighted by molar-refractivity contribution is 0.0180. The normalized spacial score (nSPS) is 27.2. The number of rotatable bonds is 0. The third kappa shape index (κ3) is 2.27. The monoisotopic (exact) mass is 182 g/mol. The highest BCUT2D eigenvalue weighted by molar-refractivity contribution is 4.92. The average molecular weight is 182 g/mol. The molecule has 0 unspecified atom stereocenters. The van der Waals surface area contributed by atoms with E-state index in [1.807, 2.05) is 0 Å². The summed E-state index contributed by atoms with van der Waals surface area (Å²) in [5, 5.41) is 0. The molecule has 0 nitrogen and oxygen atoms in total. The van der Waals surface area contributed by atoms with Crippen LogP contribution in [-0.4, -0.2) is 0 Å². The lowest BCUT2D eigenvalue weighted by atomic mass is 9.56. The second-order valence-electron chi connectivity index (χ2n) is 6.97. The van der Waals surface area contributed by atoms with Gasteiger partial charge in [0, 0.05) is 0 Å². The lowest BCUT2D eigenvalue weighted by Gasteiger charge is -2.49. The molecule has 0 bridgehead atoms. The summed E-state index contributed by atoms with van der Waals surface area (Å²) in [7, 11) is 0. The van der Waals surface area contributed by atoms with Crippen LogP contribution >= 0.6 is 0 Å². The summed E-state index contributed by atoms with van der Waals surface area (Å²) in [6.45, 7) is 14.5. The smallest absolute Gasteiger partial charge is 0.0277 e. The highest BCUT2D eigenvalue weighted by Crippen LogP contribution is 2.53. The Morgan fingerprint density at radius 2 is 1.15 bits per heavy atom. The van der Waals surface area contributed by atoms with E-state index in [2.05, 4.69) is 41.5 Å². The SMILES string of the molecule is CC1(C)CCC(C)(C(C)(C)C)CC1. The fraction of sp³-hybridized carbons (Fsp3) is 1.00. The molecule has 1 rings (SSSR count). The quantitative estimate of drug-likeness (QED) is 0.512. The molecule has 1 saturated carbocycles. The van der Waals surface area contributed by atoms with E-state index < -0.39 is 0 Å². The van der Waals surface area contributed by atoms with Crippen LogP contribution < -0.4 is 0 Å². The van der Waals surface area contributed by atoms with E-state index in [0.717, 1.165) is 0 Å². The predicted molar refractivity (Wildman–Crippen MR) is 59.8 cm³/mol. The largest absolute Gasteiger partial charge is 0.0599 e. The van der Waals surface area contributed by atoms with Crippen molar-refractivity contribution in [1.29, 1.82) is 0 Å². The molecule has 0 aromatic carbocycles. The molecule has 0 aliphatic heterocycles. The Labute approximate surface area is 84.1 Å². The van der Waals surface area contributed by atoms with E-state index in [0.29, 0.717) is 16.2 Å². The highest BCUT2D eigenvalue weighted by Gasteiger charge is 2.42. The zero-order valence-electron chi connectivity index (χ0n) is 10.3. The lowest BCUT2D eigenvalue weighted by Crippen LogP contribution is -2.38. The third-order valence-electron chi connectivity index (χ3n) is 4.52. The van der Waals surface area contributed by atoms with Crippen molar-refractivity contribution in [2.75, 3.05) is 0 Å². The first-order valence-corrected chi connectivity index (χ1v) is 5.66. The molecule has 1 fully saturated rings. The van der Waals surface area contributed by atoms with Crippen LogP contribution in [-0.2, 0) is 0 Å². The Hall–Kier alpha value is 0. The van der Waals surface area contributed by atoms with Gasteiger partial charge < -0.3 is 0 Å². The summed E-state index contributed by atoms with van der Waals surface area (Å²) in [4.78, 5) is 0.